The summed E-state index contributed by atoms with van der Waals surface area (Å²) < 4.78 is 2.54. The molecule has 0 aliphatic rings. The number of fused-ring (bicyclic) bond motifs is 1. The first-order chi connectivity index (χ1) is 9.06. The van der Waals surface area contributed by atoms with E-state index in [-0.39, 0.29) is 11.0 Å². The molecule has 5 heteroatoms. The Labute approximate surface area is 125 Å². The van der Waals surface area contributed by atoms with Gasteiger partial charge in [0, 0.05) is 11.9 Å². The van der Waals surface area contributed by atoms with Crippen LogP contribution in [0, 0.1) is 12.3 Å². The summed E-state index contributed by atoms with van der Waals surface area (Å²) in [6.45, 7) is 7.08. The maximum atomic E-state index is 12.5. The quantitative estimate of drug-likeness (QED) is 0.770. The molecule has 2 aromatic heterocycles. The maximum Gasteiger partial charge on any atom is 0.271 e. The van der Waals surface area contributed by atoms with Crippen LogP contribution in [0.15, 0.2) is 16.5 Å². The first kappa shape index (κ1) is 14.7. The number of alkyl halides is 1. The molecule has 0 saturated heterocycles. The molecule has 0 aliphatic carbocycles. The fourth-order valence-electron chi connectivity index (χ4n) is 2.24. The Morgan fingerprint density at radius 2 is 2.11 bits per heavy atom. The lowest BCUT2D eigenvalue weighted by Crippen LogP contribution is -2.33. The van der Waals surface area contributed by atoms with Crippen LogP contribution in [0.25, 0.3) is 10.2 Å². The third-order valence-corrected chi connectivity index (χ3v) is 6.28. The Morgan fingerprint density at radius 3 is 2.68 bits per heavy atom. The fourth-order valence-corrected chi connectivity index (χ4v) is 4.16. The number of hydrogen-bond acceptors (Lipinski definition) is 3. The number of aryl methyl sites for hydroxylation is 1. The van der Waals surface area contributed by atoms with E-state index in [0.717, 1.165) is 40.5 Å². The Balaban J connectivity index is 2.46. The van der Waals surface area contributed by atoms with Crippen molar-refractivity contribution >= 4 is 37.5 Å². The molecule has 0 amide bonds. The average molecular weight is 343 g/mol. The number of thiophene rings is 1. The Bertz CT molecular complexity index is 620. The van der Waals surface area contributed by atoms with Gasteiger partial charge in [0.15, 0.2) is 0 Å². The summed E-state index contributed by atoms with van der Waals surface area (Å²) in [6.07, 6.45) is 3.79. The number of hydrogen-bond donors (Lipinski definition) is 0. The van der Waals surface area contributed by atoms with Crippen LogP contribution in [-0.4, -0.2) is 14.9 Å². The predicted octanol–water partition coefficient (Wildman–Crippen LogP) is 3.97. The number of halogens is 1. The summed E-state index contributed by atoms with van der Waals surface area (Å²) in [5.41, 5.74) is 2.16. The summed E-state index contributed by atoms with van der Waals surface area (Å²) in [7, 11) is 0. The third kappa shape index (κ3) is 2.63. The van der Waals surface area contributed by atoms with Crippen molar-refractivity contribution in [3.05, 3.63) is 27.6 Å². The van der Waals surface area contributed by atoms with Crippen LogP contribution in [0.1, 0.15) is 32.3 Å². The van der Waals surface area contributed by atoms with Gasteiger partial charge < -0.3 is 0 Å². The summed E-state index contributed by atoms with van der Waals surface area (Å²) in [4.78, 5) is 16.9. The van der Waals surface area contributed by atoms with Crippen molar-refractivity contribution in [2.45, 2.75) is 40.2 Å². The molecule has 0 saturated carbocycles. The lowest BCUT2D eigenvalue weighted by Gasteiger charge is -2.29. The molecule has 3 nitrogen and oxygen atoms in total. The van der Waals surface area contributed by atoms with Crippen molar-refractivity contribution in [1.29, 1.82) is 0 Å². The minimum absolute atomic E-state index is 0.0929. The molecule has 0 aromatic carbocycles. The lowest BCUT2D eigenvalue weighted by molar-refractivity contribution is 0.256. The standard InChI is InChI=1S/C14H19BrN2OS/c1-4-14(5-2,7-15)8-17-9-16-11-10(3)6-19-12(11)13(17)18/h6,9H,4-5,7-8H2,1-3H3. The second kappa shape index (κ2) is 5.75. The SMILES string of the molecule is CCC(CC)(CBr)Cn1cnc2c(C)csc2c1=O. The van der Waals surface area contributed by atoms with Gasteiger partial charge in [-0.2, -0.15) is 0 Å². The minimum Gasteiger partial charge on any atom is -0.297 e. The van der Waals surface area contributed by atoms with E-state index in [2.05, 4.69) is 34.8 Å². The van der Waals surface area contributed by atoms with E-state index in [4.69, 9.17) is 0 Å². The van der Waals surface area contributed by atoms with Gasteiger partial charge in [-0.3, -0.25) is 9.36 Å². The van der Waals surface area contributed by atoms with Crippen LogP contribution in [0.5, 0.6) is 0 Å². The molecule has 0 fully saturated rings. The van der Waals surface area contributed by atoms with E-state index in [1.807, 2.05) is 12.3 Å². The van der Waals surface area contributed by atoms with Gasteiger partial charge in [0.2, 0.25) is 0 Å². The lowest BCUT2D eigenvalue weighted by atomic mass is 9.84. The minimum atomic E-state index is 0.0929. The molecule has 2 aromatic rings. The molecule has 0 bridgehead atoms. The third-order valence-electron chi connectivity index (χ3n) is 4.01. The molecule has 19 heavy (non-hydrogen) atoms. The predicted molar refractivity (Wildman–Crippen MR) is 85.4 cm³/mol. The molecule has 0 atom stereocenters. The second-order valence-corrected chi connectivity index (χ2v) is 6.56. The van der Waals surface area contributed by atoms with Crippen LogP contribution in [0.2, 0.25) is 0 Å². The highest BCUT2D eigenvalue weighted by molar-refractivity contribution is 9.09. The summed E-state index contributed by atoms with van der Waals surface area (Å²) in [5.74, 6) is 0. The molecular formula is C14H19BrN2OS. The highest BCUT2D eigenvalue weighted by Gasteiger charge is 2.26. The first-order valence-electron chi connectivity index (χ1n) is 6.56. The van der Waals surface area contributed by atoms with E-state index < -0.39 is 0 Å². The fraction of sp³-hybridized carbons (Fsp3) is 0.571. The zero-order valence-electron chi connectivity index (χ0n) is 11.6. The maximum absolute atomic E-state index is 12.5. The average Bonchev–Trinajstić information content (AvgIpc) is 2.81. The summed E-state index contributed by atoms with van der Waals surface area (Å²) >= 11 is 5.09. The zero-order valence-corrected chi connectivity index (χ0v) is 14.0. The molecule has 0 unspecified atom stereocenters. The van der Waals surface area contributed by atoms with Gasteiger partial charge in [-0.05, 0) is 36.1 Å². The number of aromatic nitrogens is 2. The largest absolute Gasteiger partial charge is 0.297 e. The van der Waals surface area contributed by atoms with E-state index in [0.29, 0.717) is 0 Å². The van der Waals surface area contributed by atoms with E-state index in [1.165, 1.54) is 11.3 Å². The Hall–Kier alpha value is -0.680. The number of nitrogens with zero attached hydrogens (tertiary/aromatic N) is 2. The molecule has 0 aliphatic heterocycles. The molecule has 0 radical (unpaired) electrons. The molecule has 2 heterocycles. The van der Waals surface area contributed by atoms with Gasteiger partial charge in [0.1, 0.15) is 4.70 Å². The number of rotatable bonds is 5. The monoisotopic (exact) mass is 342 g/mol. The first-order valence-corrected chi connectivity index (χ1v) is 8.56. The van der Waals surface area contributed by atoms with Gasteiger partial charge in [0.05, 0.1) is 11.8 Å². The van der Waals surface area contributed by atoms with Gasteiger partial charge in [-0.15, -0.1) is 11.3 Å². The Morgan fingerprint density at radius 1 is 1.42 bits per heavy atom. The zero-order chi connectivity index (χ0) is 14.0. The highest BCUT2D eigenvalue weighted by Crippen LogP contribution is 2.30. The molecule has 0 spiro atoms. The van der Waals surface area contributed by atoms with E-state index in [1.54, 1.807) is 10.9 Å². The van der Waals surface area contributed by atoms with Crippen LogP contribution in [0.3, 0.4) is 0 Å². The molecular weight excluding hydrogens is 324 g/mol. The summed E-state index contributed by atoms with van der Waals surface area (Å²) in [6, 6.07) is 0. The van der Waals surface area contributed by atoms with Gasteiger partial charge in [0.25, 0.3) is 5.56 Å². The van der Waals surface area contributed by atoms with Crippen LogP contribution in [0.4, 0.5) is 0 Å². The van der Waals surface area contributed by atoms with Gasteiger partial charge in [-0.25, -0.2) is 4.98 Å². The van der Waals surface area contributed by atoms with Crippen molar-refractivity contribution in [1.82, 2.24) is 9.55 Å². The van der Waals surface area contributed by atoms with Crippen LogP contribution in [-0.2, 0) is 6.54 Å². The van der Waals surface area contributed by atoms with Gasteiger partial charge >= 0.3 is 0 Å². The normalized spacial score (nSPS) is 12.2. The van der Waals surface area contributed by atoms with Crippen molar-refractivity contribution < 1.29 is 0 Å². The van der Waals surface area contributed by atoms with Gasteiger partial charge in [-0.1, -0.05) is 29.8 Å². The molecule has 0 N–H and O–H groups in total. The second-order valence-electron chi connectivity index (χ2n) is 5.11. The van der Waals surface area contributed by atoms with Crippen LogP contribution < -0.4 is 5.56 Å². The van der Waals surface area contributed by atoms with Crippen LogP contribution >= 0.6 is 27.3 Å². The molecule has 104 valence electrons. The van der Waals surface area contributed by atoms with E-state index >= 15 is 0 Å². The van der Waals surface area contributed by atoms with Crippen molar-refractivity contribution in [3.8, 4) is 0 Å². The smallest absolute Gasteiger partial charge is 0.271 e. The Kier molecular flexibility index (Phi) is 4.46. The van der Waals surface area contributed by atoms with Crippen molar-refractivity contribution in [2.24, 2.45) is 5.41 Å². The molecule has 2 rings (SSSR count). The van der Waals surface area contributed by atoms with Crippen molar-refractivity contribution in [2.75, 3.05) is 5.33 Å². The highest BCUT2D eigenvalue weighted by atomic mass is 79.9. The summed E-state index contributed by atoms with van der Waals surface area (Å²) in [5, 5.41) is 2.90. The van der Waals surface area contributed by atoms with Crippen molar-refractivity contribution in [3.63, 3.8) is 0 Å². The topological polar surface area (TPSA) is 34.9 Å². The van der Waals surface area contributed by atoms with E-state index in [9.17, 15) is 4.79 Å².